The Morgan fingerprint density at radius 1 is 1.18 bits per heavy atom. The van der Waals surface area contributed by atoms with Crippen molar-refractivity contribution in [2.75, 3.05) is 0 Å². The van der Waals surface area contributed by atoms with Crippen molar-refractivity contribution in [3.8, 4) is 0 Å². The van der Waals surface area contributed by atoms with Crippen LogP contribution in [0.3, 0.4) is 0 Å². The van der Waals surface area contributed by atoms with Crippen LogP contribution < -0.4 is 5.14 Å². The fourth-order valence-electron chi connectivity index (χ4n) is 1.88. The summed E-state index contributed by atoms with van der Waals surface area (Å²) in [5, 5.41) is 16.2. The van der Waals surface area contributed by atoms with Gasteiger partial charge in [0.05, 0.1) is 10.5 Å². The summed E-state index contributed by atoms with van der Waals surface area (Å²) in [5.74, 6) is 0. The zero-order valence-electron chi connectivity index (χ0n) is 15.0. The summed E-state index contributed by atoms with van der Waals surface area (Å²) < 4.78 is 17.6. The molecule has 0 aliphatic heterocycles. The molecule has 1 rings (SSSR count). The molecule has 0 heterocycles. The molecule has 0 aliphatic carbocycles. The molecule has 0 bridgehead atoms. The molecular formula is C16H30N2O2SSi. The van der Waals surface area contributed by atoms with E-state index >= 15 is 0 Å². The molecule has 3 N–H and O–H groups in total. The highest BCUT2D eigenvalue weighted by molar-refractivity contribution is 7.92. The molecule has 6 heteroatoms. The lowest BCUT2D eigenvalue weighted by atomic mass is 9.97. The van der Waals surface area contributed by atoms with Crippen molar-refractivity contribution in [1.82, 2.24) is 0 Å². The van der Waals surface area contributed by atoms with Crippen LogP contribution in [-0.2, 0) is 15.5 Å². The minimum absolute atomic E-state index is 0.0179. The van der Waals surface area contributed by atoms with Crippen molar-refractivity contribution >= 4 is 18.2 Å². The van der Waals surface area contributed by atoms with Gasteiger partial charge in [-0.25, -0.2) is 9.35 Å². The molecule has 126 valence electrons. The largest absolute Gasteiger partial charge is 0.386 e. The van der Waals surface area contributed by atoms with Gasteiger partial charge in [0.25, 0.3) is 0 Å². The Bertz CT molecular complexity index is 676. The maximum atomic E-state index is 13.0. The topological polar surface area (TPSA) is 75.7 Å². The predicted octanol–water partition coefficient (Wildman–Crippen LogP) is 3.93. The van der Waals surface area contributed by atoms with Gasteiger partial charge in [-0.05, 0) is 56.1 Å². The van der Waals surface area contributed by atoms with E-state index in [9.17, 15) is 9.32 Å². The van der Waals surface area contributed by atoms with E-state index in [2.05, 4.69) is 37.9 Å². The van der Waals surface area contributed by atoms with Crippen LogP contribution in [0.4, 0.5) is 0 Å². The Morgan fingerprint density at radius 2 is 1.68 bits per heavy atom. The molecule has 1 atom stereocenters. The number of hydrogen-bond donors (Lipinski definition) is 2. The second kappa shape index (κ2) is 5.74. The zero-order chi connectivity index (χ0) is 17.6. The maximum Gasteiger partial charge on any atom is 0.195 e. The number of nitrogens with two attached hydrogens (primary N) is 1. The van der Waals surface area contributed by atoms with E-state index in [0.717, 1.165) is 11.1 Å². The number of benzene rings is 1. The van der Waals surface area contributed by atoms with E-state index in [1.54, 1.807) is 26.0 Å². The van der Waals surface area contributed by atoms with Crippen LogP contribution in [-0.4, -0.2) is 17.6 Å². The number of aryl methyl sites for hydroxylation is 1. The first kappa shape index (κ1) is 19.4. The molecule has 0 saturated carbocycles. The normalized spacial score (nSPS) is 16.3. The molecule has 0 saturated heterocycles. The Labute approximate surface area is 136 Å². The SMILES string of the molecule is Cc1cc(C(C)(C)O)ccc1S(N)(=O)=N[Si](C)(C)C(C)(C)C. The first-order valence-electron chi connectivity index (χ1n) is 7.47. The van der Waals surface area contributed by atoms with Crippen LogP contribution in [0.15, 0.2) is 27.1 Å². The minimum Gasteiger partial charge on any atom is -0.386 e. The fourth-order valence-corrected chi connectivity index (χ4v) is 6.87. The van der Waals surface area contributed by atoms with Crippen LogP contribution in [0.2, 0.25) is 18.1 Å². The second-order valence-corrected chi connectivity index (χ2v) is 14.9. The molecule has 1 aromatic rings. The highest BCUT2D eigenvalue weighted by atomic mass is 32.2. The van der Waals surface area contributed by atoms with Crippen molar-refractivity contribution in [3.05, 3.63) is 29.3 Å². The average molecular weight is 343 g/mol. The van der Waals surface area contributed by atoms with Gasteiger partial charge in [0.1, 0.15) is 9.92 Å². The highest BCUT2D eigenvalue weighted by Crippen LogP contribution is 2.38. The third kappa shape index (κ3) is 4.19. The summed E-state index contributed by atoms with van der Waals surface area (Å²) in [5.41, 5.74) is 0.640. The van der Waals surface area contributed by atoms with E-state index in [0.29, 0.717) is 4.90 Å². The Hall–Kier alpha value is -0.693. The number of nitrogens with zero attached hydrogens (tertiary/aromatic N) is 1. The molecule has 0 fully saturated rings. The minimum atomic E-state index is -2.94. The summed E-state index contributed by atoms with van der Waals surface area (Å²) in [6.07, 6.45) is 0. The number of rotatable bonds is 3. The molecule has 0 radical (unpaired) electrons. The summed E-state index contributed by atoms with van der Waals surface area (Å²) in [6.45, 7) is 15.8. The Balaban J connectivity index is 3.46. The third-order valence-corrected chi connectivity index (χ3v) is 12.1. The first-order chi connectivity index (χ1) is 9.58. The smallest absolute Gasteiger partial charge is 0.195 e. The van der Waals surface area contributed by atoms with Crippen LogP contribution in [0.5, 0.6) is 0 Å². The lowest BCUT2D eigenvalue weighted by Gasteiger charge is -2.33. The predicted molar refractivity (Wildman–Crippen MR) is 96.6 cm³/mol. The lowest BCUT2D eigenvalue weighted by Crippen LogP contribution is -2.37. The van der Waals surface area contributed by atoms with Crippen molar-refractivity contribution in [1.29, 1.82) is 0 Å². The zero-order valence-corrected chi connectivity index (χ0v) is 16.8. The molecule has 0 spiro atoms. The lowest BCUT2D eigenvalue weighted by molar-refractivity contribution is 0.0784. The van der Waals surface area contributed by atoms with Crippen LogP contribution in [0.1, 0.15) is 45.7 Å². The van der Waals surface area contributed by atoms with Crippen LogP contribution in [0.25, 0.3) is 0 Å². The summed E-state index contributed by atoms with van der Waals surface area (Å²) >= 11 is 0. The van der Waals surface area contributed by atoms with Gasteiger partial charge in [0.2, 0.25) is 0 Å². The molecular weight excluding hydrogens is 312 g/mol. The van der Waals surface area contributed by atoms with Gasteiger partial charge in [0, 0.05) is 0 Å². The molecule has 4 nitrogen and oxygen atoms in total. The number of hydrogen-bond acceptors (Lipinski definition) is 3. The summed E-state index contributed by atoms with van der Waals surface area (Å²) in [4.78, 5) is 0.560. The molecule has 0 aliphatic rings. The molecule has 22 heavy (non-hydrogen) atoms. The fraction of sp³-hybridized carbons (Fsp3) is 0.625. The van der Waals surface area contributed by atoms with E-state index in [-0.39, 0.29) is 5.04 Å². The molecule has 1 aromatic carbocycles. The summed E-state index contributed by atoms with van der Waals surface area (Å²) in [6, 6.07) is 5.35. The Kier molecular flexibility index (Phi) is 5.05. The van der Waals surface area contributed by atoms with E-state index in [1.807, 2.05) is 13.0 Å². The van der Waals surface area contributed by atoms with Gasteiger partial charge < -0.3 is 5.11 Å². The Morgan fingerprint density at radius 3 is 2.05 bits per heavy atom. The second-order valence-electron chi connectivity index (χ2n) is 8.01. The van der Waals surface area contributed by atoms with Gasteiger partial charge in [0.15, 0.2) is 8.24 Å². The van der Waals surface area contributed by atoms with Gasteiger partial charge in [-0.15, -0.1) is 0 Å². The van der Waals surface area contributed by atoms with Crippen molar-refractivity contribution in [3.63, 3.8) is 0 Å². The van der Waals surface area contributed by atoms with Crippen molar-refractivity contribution < 1.29 is 9.32 Å². The average Bonchev–Trinajstić information content (AvgIpc) is 2.23. The molecule has 0 aromatic heterocycles. The van der Waals surface area contributed by atoms with Crippen molar-refractivity contribution in [2.24, 2.45) is 9.17 Å². The van der Waals surface area contributed by atoms with E-state index < -0.39 is 23.8 Å². The van der Waals surface area contributed by atoms with Gasteiger partial charge in [-0.1, -0.05) is 32.9 Å². The third-order valence-electron chi connectivity index (χ3n) is 4.40. The van der Waals surface area contributed by atoms with E-state index in [1.165, 1.54) is 0 Å². The number of aliphatic hydroxyl groups is 1. The first-order valence-corrected chi connectivity index (χ1v) is 12.0. The summed E-state index contributed by atoms with van der Waals surface area (Å²) in [7, 11) is -5.06. The van der Waals surface area contributed by atoms with Gasteiger partial charge >= 0.3 is 0 Å². The molecule has 1 unspecified atom stereocenters. The van der Waals surface area contributed by atoms with Crippen molar-refractivity contribution in [2.45, 2.75) is 70.2 Å². The molecule has 0 amide bonds. The maximum absolute atomic E-state index is 13.0. The standard InChI is InChI=1S/C16H30N2O2SSi/c1-12-11-13(16(5,6)19)9-10-14(12)21(17,20)18-22(7,8)15(2,3)4/h9-11,19H,1-8H3,(H2,17,18,20). The van der Waals surface area contributed by atoms with Crippen LogP contribution in [0, 0.1) is 6.92 Å². The van der Waals surface area contributed by atoms with Gasteiger partial charge in [-0.3, -0.25) is 4.03 Å². The van der Waals surface area contributed by atoms with E-state index in [4.69, 9.17) is 5.14 Å². The van der Waals surface area contributed by atoms with Gasteiger partial charge in [-0.2, -0.15) is 0 Å². The van der Waals surface area contributed by atoms with Crippen LogP contribution >= 0.6 is 0 Å². The quantitative estimate of drug-likeness (QED) is 0.817. The highest BCUT2D eigenvalue weighted by Gasteiger charge is 2.37. The monoisotopic (exact) mass is 342 g/mol.